The van der Waals surface area contributed by atoms with E-state index in [4.69, 9.17) is 0 Å². The van der Waals surface area contributed by atoms with Gasteiger partial charge >= 0.3 is 0 Å². The molecule has 21 heavy (non-hydrogen) atoms. The number of aromatic nitrogens is 1. The molecule has 0 aliphatic heterocycles. The van der Waals surface area contributed by atoms with Gasteiger partial charge in [-0.3, -0.25) is 0 Å². The third kappa shape index (κ3) is 1.76. The quantitative estimate of drug-likeness (QED) is 0.672. The van der Waals surface area contributed by atoms with Gasteiger partial charge in [0.2, 0.25) is 0 Å². The normalized spacial score (nSPS) is 28.0. The van der Waals surface area contributed by atoms with E-state index in [-0.39, 0.29) is 5.41 Å². The van der Waals surface area contributed by atoms with Crippen LogP contribution in [0.25, 0.3) is 10.9 Å². The smallest absolute Gasteiger partial charge is 0.0483 e. The highest BCUT2D eigenvalue weighted by Gasteiger charge is 2.46. The number of aryl methyl sites for hydroxylation is 1. The summed E-state index contributed by atoms with van der Waals surface area (Å²) in [5.41, 5.74) is 4.85. The van der Waals surface area contributed by atoms with Gasteiger partial charge in [0, 0.05) is 35.0 Å². The molecule has 2 aliphatic carbocycles. The molecular weight excluding hydrogens is 254 g/mol. The topological polar surface area (TPSA) is 4.93 Å². The van der Waals surface area contributed by atoms with Crippen LogP contribution in [-0.2, 0) is 12.5 Å². The lowest BCUT2D eigenvalue weighted by atomic mass is 9.71. The zero-order valence-corrected chi connectivity index (χ0v) is 13.4. The Kier molecular flexibility index (Phi) is 2.82. The molecule has 2 unspecified atom stereocenters. The molecular formula is C20H25N. The number of hydrogen-bond donors (Lipinski definition) is 0. The predicted molar refractivity (Wildman–Crippen MR) is 89.8 cm³/mol. The molecule has 0 N–H and O–H groups in total. The molecule has 1 aromatic heterocycles. The molecule has 110 valence electrons. The van der Waals surface area contributed by atoms with Crippen molar-refractivity contribution in [3.63, 3.8) is 0 Å². The van der Waals surface area contributed by atoms with E-state index in [9.17, 15) is 0 Å². The van der Waals surface area contributed by atoms with Gasteiger partial charge in [-0.15, -0.1) is 0 Å². The molecule has 0 saturated heterocycles. The van der Waals surface area contributed by atoms with Gasteiger partial charge in [0.05, 0.1) is 0 Å². The Labute approximate surface area is 127 Å². The minimum Gasteiger partial charge on any atom is -0.347 e. The second-order valence-corrected chi connectivity index (χ2v) is 7.15. The average molecular weight is 279 g/mol. The number of allylic oxidation sites excluding steroid dienone is 2. The van der Waals surface area contributed by atoms with E-state index in [0.717, 1.165) is 5.92 Å². The van der Waals surface area contributed by atoms with E-state index in [1.54, 1.807) is 11.3 Å². The fourth-order valence-corrected chi connectivity index (χ4v) is 4.50. The molecule has 4 rings (SSSR count). The van der Waals surface area contributed by atoms with Crippen LogP contribution in [0.3, 0.4) is 0 Å². The van der Waals surface area contributed by atoms with E-state index in [1.807, 2.05) is 0 Å². The molecule has 2 aromatic rings. The van der Waals surface area contributed by atoms with Gasteiger partial charge in [-0.1, -0.05) is 50.6 Å². The van der Waals surface area contributed by atoms with Gasteiger partial charge in [-0.25, -0.2) is 0 Å². The van der Waals surface area contributed by atoms with E-state index in [1.165, 1.54) is 36.6 Å². The van der Waals surface area contributed by atoms with Crippen LogP contribution in [0.1, 0.15) is 56.7 Å². The minimum absolute atomic E-state index is 0.243. The Morgan fingerprint density at radius 2 is 2.00 bits per heavy atom. The van der Waals surface area contributed by atoms with Crippen LogP contribution in [0.5, 0.6) is 0 Å². The molecule has 1 heteroatoms. The summed E-state index contributed by atoms with van der Waals surface area (Å²) in [4.78, 5) is 0. The highest BCUT2D eigenvalue weighted by Crippen LogP contribution is 2.54. The summed E-state index contributed by atoms with van der Waals surface area (Å²) in [5.74, 6) is 1.45. The molecule has 1 fully saturated rings. The second-order valence-electron chi connectivity index (χ2n) is 7.15. The zero-order valence-electron chi connectivity index (χ0n) is 13.4. The lowest BCUT2D eigenvalue weighted by Gasteiger charge is -2.34. The maximum absolute atomic E-state index is 2.53. The van der Waals surface area contributed by atoms with Crippen LogP contribution in [0.4, 0.5) is 0 Å². The number of benzene rings is 1. The fourth-order valence-electron chi connectivity index (χ4n) is 4.50. The highest BCUT2D eigenvalue weighted by atomic mass is 15.0. The van der Waals surface area contributed by atoms with Gasteiger partial charge in [0.15, 0.2) is 0 Å². The Hall–Kier alpha value is -1.50. The number of para-hydroxylation sites is 1. The Balaban J connectivity index is 2.02. The fraction of sp³-hybridized carbons (Fsp3) is 0.500. The van der Waals surface area contributed by atoms with Crippen molar-refractivity contribution in [3.05, 3.63) is 47.7 Å². The molecule has 1 nitrogen and oxygen atoms in total. The minimum atomic E-state index is 0.243. The molecule has 0 radical (unpaired) electrons. The van der Waals surface area contributed by atoms with Crippen molar-refractivity contribution in [2.45, 2.75) is 50.9 Å². The lowest BCUT2D eigenvalue weighted by Crippen LogP contribution is -2.29. The molecule has 0 amide bonds. The van der Waals surface area contributed by atoms with Crippen molar-refractivity contribution in [1.29, 1.82) is 0 Å². The first-order valence-electron chi connectivity index (χ1n) is 8.44. The SMILES string of the molecule is CCCC1C=CC(C)(C2CC2)c2c1c1ccccc1n2C. The summed E-state index contributed by atoms with van der Waals surface area (Å²) in [6.45, 7) is 4.76. The van der Waals surface area contributed by atoms with Crippen LogP contribution >= 0.6 is 0 Å². The van der Waals surface area contributed by atoms with E-state index < -0.39 is 0 Å². The first-order valence-corrected chi connectivity index (χ1v) is 8.44. The van der Waals surface area contributed by atoms with Gasteiger partial charge in [-0.05, 0) is 36.8 Å². The van der Waals surface area contributed by atoms with Crippen LogP contribution in [0.15, 0.2) is 36.4 Å². The summed E-state index contributed by atoms with van der Waals surface area (Å²) >= 11 is 0. The number of nitrogens with zero attached hydrogens (tertiary/aromatic N) is 1. The van der Waals surface area contributed by atoms with Gasteiger partial charge in [0.25, 0.3) is 0 Å². The third-order valence-electron chi connectivity index (χ3n) is 5.73. The summed E-state index contributed by atoms with van der Waals surface area (Å²) in [6, 6.07) is 8.97. The largest absolute Gasteiger partial charge is 0.347 e. The molecule has 1 saturated carbocycles. The van der Waals surface area contributed by atoms with Gasteiger partial charge in [-0.2, -0.15) is 0 Å². The van der Waals surface area contributed by atoms with E-state index >= 15 is 0 Å². The molecule has 2 aliphatic rings. The lowest BCUT2D eigenvalue weighted by molar-refractivity contribution is 0.462. The zero-order chi connectivity index (χ0) is 14.6. The number of rotatable bonds is 3. The van der Waals surface area contributed by atoms with Crippen molar-refractivity contribution >= 4 is 10.9 Å². The first kappa shape index (κ1) is 13.2. The molecule has 1 heterocycles. The molecule has 0 bridgehead atoms. The summed E-state index contributed by atoms with van der Waals surface area (Å²) in [7, 11) is 2.27. The third-order valence-corrected chi connectivity index (χ3v) is 5.73. The van der Waals surface area contributed by atoms with Gasteiger partial charge in [0.1, 0.15) is 0 Å². The van der Waals surface area contributed by atoms with Crippen LogP contribution in [0, 0.1) is 5.92 Å². The van der Waals surface area contributed by atoms with Crippen molar-refractivity contribution in [1.82, 2.24) is 4.57 Å². The molecule has 0 spiro atoms. The molecule has 2 atom stereocenters. The summed E-state index contributed by atoms with van der Waals surface area (Å²) in [5, 5.41) is 1.48. The van der Waals surface area contributed by atoms with Crippen LogP contribution in [-0.4, -0.2) is 4.57 Å². The van der Waals surface area contributed by atoms with Crippen molar-refractivity contribution < 1.29 is 0 Å². The van der Waals surface area contributed by atoms with Crippen molar-refractivity contribution in [2.24, 2.45) is 13.0 Å². The van der Waals surface area contributed by atoms with Crippen LogP contribution < -0.4 is 0 Å². The predicted octanol–water partition coefficient (Wildman–Crippen LogP) is 5.30. The Bertz CT molecular complexity index is 717. The summed E-state index contributed by atoms with van der Waals surface area (Å²) in [6.07, 6.45) is 10.3. The average Bonchev–Trinajstić information content (AvgIpc) is 3.30. The maximum atomic E-state index is 2.53. The summed E-state index contributed by atoms with van der Waals surface area (Å²) < 4.78 is 2.48. The standard InChI is InChI=1S/C20H25N/c1-4-7-14-12-13-20(2,15-10-11-15)19-18(14)16-8-5-6-9-17(16)21(19)3/h5-6,8-9,12-15H,4,7,10-11H2,1-3H3. The van der Waals surface area contributed by atoms with Crippen LogP contribution in [0.2, 0.25) is 0 Å². The maximum Gasteiger partial charge on any atom is 0.0483 e. The Morgan fingerprint density at radius 3 is 2.71 bits per heavy atom. The van der Waals surface area contributed by atoms with E-state index in [0.29, 0.717) is 5.92 Å². The van der Waals surface area contributed by atoms with Gasteiger partial charge < -0.3 is 4.57 Å². The highest BCUT2D eigenvalue weighted by molar-refractivity contribution is 5.87. The van der Waals surface area contributed by atoms with Crippen molar-refractivity contribution in [2.75, 3.05) is 0 Å². The Morgan fingerprint density at radius 1 is 1.24 bits per heavy atom. The molecule has 1 aromatic carbocycles. The second kappa shape index (κ2) is 4.50. The van der Waals surface area contributed by atoms with Crippen molar-refractivity contribution in [3.8, 4) is 0 Å². The monoisotopic (exact) mass is 279 g/mol. The number of hydrogen-bond acceptors (Lipinski definition) is 0. The van der Waals surface area contributed by atoms with E-state index in [2.05, 4.69) is 61.9 Å². The first-order chi connectivity index (χ1) is 10.2. The number of fused-ring (bicyclic) bond motifs is 3.